The summed E-state index contributed by atoms with van der Waals surface area (Å²) < 4.78 is 13.5. The Hall–Kier alpha value is -2.53. The minimum Gasteiger partial charge on any atom is -0.324 e. The minimum absolute atomic E-state index is 0.0564. The number of carbonyl (C=O) groups is 2. The summed E-state index contributed by atoms with van der Waals surface area (Å²) in [7, 11) is 0. The van der Waals surface area contributed by atoms with Crippen LogP contribution in [0.15, 0.2) is 54.6 Å². The molecule has 26 heavy (non-hydrogen) atoms. The summed E-state index contributed by atoms with van der Waals surface area (Å²) in [6.07, 6.45) is 1.93. The van der Waals surface area contributed by atoms with Crippen LogP contribution in [-0.2, 0) is 4.79 Å². The van der Waals surface area contributed by atoms with E-state index in [1.807, 2.05) is 30.3 Å². The Balaban J connectivity index is 1.42. The third-order valence-corrected chi connectivity index (χ3v) is 4.82. The van der Waals surface area contributed by atoms with Gasteiger partial charge in [-0.25, -0.2) is 4.39 Å². The maximum absolute atomic E-state index is 13.5. The maximum atomic E-state index is 13.5. The van der Waals surface area contributed by atoms with E-state index < -0.39 is 5.82 Å². The zero-order valence-electron chi connectivity index (χ0n) is 14.7. The zero-order chi connectivity index (χ0) is 18.4. The Kier molecular flexibility index (Phi) is 6.12. The number of nitrogens with zero attached hydrogens (tertiary/aromatic N) is 1. The molecule has 2 aromatic rings. The molecule has 0 radical (unpaired) electrons. The summed E-state index contributed by atoms with van der Waals surface area (Å²) in [6.45, 7) is 2.22. The molecule has 136 valence electrons. The molecule has 2 aromatic carbocycles. The number of piperidine rings is 1. The number of para-hydroxylation sites is 1. The number of nitrogens with one attached hydrogen (secondary N) is 1. The van der Waals surface area contributed by atoms with Crippen LogP contribution in [0.5, 0.6) is 0 Å². The number of likely N-dealkylation sites (tertiary alicyclic amines) is 1. The second-order valence-corrected chi connectivity index (χ2v) is 6.62. The number of Topliss-reactive ketones (excluding diaryl/α,β-unsaturated/α-hetero) is 1. The lowest BCUT2D eigenvalue weighted by Crippen LogP contribution is -2.38. The zero-order valence-corrected chi connectivity index (χ0v) is 14.7. The summed E-state index contributed by atoms with van der Waals surface area (Å²) in [5.74, 6) is -0.359. The van der Waals surface area contributed by atoms with Gasteiger partial charge in [0, 0.05) is 24.4 Å². The lowest BCUT2D eigenvalue weighted by molar-refractivity contribution is -0.116. The van der Waals surface area contributed by atoms with Crippen LogP contribution in [-0.4, -0.2) is 36.2 Å². The average Bonchev–Trinajstić information content (AvgIpc) is 2.69. The minimum atomic E-state index is -0.430. The van der Waals surface area contributed by atoms with Crippen molar-refractivity contribution in [3.8, 4) is 0 Å². The van der Waals surface area contributed by atoms with Gasteiger partial charge in [0.05, 0.1) is 5.69 Å². The van der Waals surface area contributed by atoms with E-state index in [2.05, 4.69) is 10.2 Å². The molecule has 1 aliphatic heterocycles. The lowest BCUT2D eigenvalue weighted by Gasteiger charge is -2.31. The Labute approximate surface area is 153 Å². The Bertz CT molecular complexity index is 756. The molecule has 1 aliphatic rings. The van der Waals surface area contributed by atoms with Gasteiger partial charge in [0.2, 0.25) is 5.91 Å². The standard InChI is InChI=1S/C21H23FN2O2/c22-18-8-4-5-9-19(18)23-20(25)12-15-24-13-10-17(11-14-24)21(26)16-6-2-1-3-7-16/h1-9,17H,10-15H2,(H,23,25). The fraction of sp³-hybridized carbons (Fsp3) is 0.333. The van der Waals surface area contributed by atoms with E-state index in [1.165, 1.54) is 6.07 Å². The SMILES string of the molecule is O=C(CCN1CCC(C(=O)c2ccccc2)CC1)Nc1ccccc1F. The van der Waals surface area contributed by atoms with Gasteiger partial charge >= 0.3 is 0 Å². The summed E-state index contributed by atoms with van der Waals surface area (Å²) in [4.78, 5) is 26.7. The second-order valence-electron chi connectivity index (χ2n) is 6.62. The highest BCUT2D eigenvalue weighted by Gasteiger charge is 2.25. The number of ketones is 1. The highest BCUT2D eigenvalue weighted by molar-refractivity contribution is 5.97. The van der Waals surface area contributed by atoms with Crippen LogP contribution in [0, 0.1) is 11.7 Å². The summed E-state index contributed by atoms with van der Waals surface area (Å²) >= 11 is 0. The maximum Gasteiger partial charge on any atom is 0.225 e. The molecule has 3 rings (SSSR count). The first-order valence-corrected chi connectivity index (χ1v) is 8.99. The Morgan fingerprint density at radius 1 is 1.00 bits per heavy atom. The van der Waals surface area contributed by atoms with Crippen LogP contribution in [0.3, 0.4) is 0 Å². The van der Waals surface area contributed by atoms with Gasteiger partial charge in [0.15, 0.2) is 5.78 Å². The number of rotatable bonds is 6. The van der Waals surface area contributed by atoms with Gasteiger partial charge < -0.3 is 10.2 Å². The lowest BCUT2D eigenvalue weighted by atomic mass is 9.89. The predicted molar refractivity (Wildman–Crippen MR) is 99.6 cm³/mol. The van der Waals surface area contributed by atoms with Crippen molar-refractivity contribution in [1.82, 2.24) is 4.90 Å². The first kappa shape index (κ1) is 18.3. The largest absolute Gasteiger partial charge is 0.324 e. The summed E-state index contributed by atoms with van der Waals surface area (Å²) in [6, 6.07) is 15.6. The van der Waals surface area contributed by atoms with Crippen molar-refractivity contribution in [3.05, 3.63) is 66.0 Å². The molecule has 1 N–H and O–H groups in total. The van der Waals surface area contributed by atoms with E-state index >= 15 is 0 Å². The average molecular weight is 354 g/mol. The van der Waals surface area contributed by atoms with E-state index in [-0.39, 0.29) is 23.3 Å². The van der Waals surface area contributed by atoms with E-state index in [1.54, 1.807) is 18.2 Å². The molecular weight excluding hydrogens is 331 g/mol. The number of anilines is 1. The molecule has 0 unspecified atom stereocenters. The molecule has 1 fully saturated rings. The van der Waals surface area contributed by atoms with Crippen molar-refractivity contribution in [2.75, 3.05) is 25.0 Å². The van der Waals surface area contributed by atoms with Crippen LogP contribution in [0.1, 0.15) is 29.6 Å². The van der Waals surface area contributed by atoms with Crippen molar-refractivity contribution in [1.29, 1.82) is 0 Å². The van der Waals surface area contributed by atoms with Crippen molar-refractivity contribution >= 4 is 17.4 Å². The van der Waals surface area contributed by atoms with Crippen LogP contribution in [0.4, 0.5) is 10.1 Å². The van der Waals surface area contributed by atoms with Gasteiger partial charge in [-0.3, -0.25) is 9.59 Å². The van der Waals surface area contributed by atoms with Crippen molar-refractivity contribution < 1.29 is 14.0 Å². The molecule has 0 atom stereocenters. The fourth-order valence-electron chi connectivity index (χ4n) is 3.29. The fourth-order valence-corrected chi connectivity index (χ4v) is 3.29. The van der Waals surface area contributed by atoms with Crippen molar-refractivity contribution in [2.24, 2.45) is 5.92 Å². The summed E-state index contributed by atoms with van der Waals surface area (Å²) in [5.41, 5.74) is 0.986. The van der Waals surface area contributed by atoms with Gasteiger partial charge in [-0.05, 0) is 38.1 Å². The predicted octanol–water partition coefficient (Wildman–Crippen LogP) is 3.75. The molecule has 1 amide bonds. The van der Waals surface area contributed by atoms with E-state index in [9.17, 15) is 14.0 Å². The number of amides is 1. The second kappa shape index (κ2) is 8.72. The molecule has 5 heteroatoms. The molecule has 0 aliphatic carbocycles. The molecule has 0 bridgehead atoms. The highest BCUT2D eigenvalue weighted by atomic mass is 19.1. The molecular formula is C21H23FN2O2. The first-order valence-electron chi connectivity index (χ1n) is 8.99. The van der Waals surface area contributed by atoms with E-state index in [0.717, 1.165) is 31.5 Å². The van der Waals surface area contributed by atoms with Crippen LogP contribution < -0.4 is 5.32 Å². The molecule has 0 spiro atoms. The Morgan fingerprint density at radius 3 is 2.35 bits per heavy atom. The van der Waals surface area contributed by atoms with Crippen LogP contribution in [0.25, 0.3) is 0 Å². The molecule has 0 saturated carbocycles. The molecule has 1 heterocycles. The monoisotopic (exact) mass is 354 g/mol. The topological polar surface area (TPSA) is 49.4 Å². The van der Waals surface area contributed by atoms with Crippen LogP contribution in [0.2, 0.25) is 0 Å². The number of hydrogen-bond acceptors (Lipinski definition) is 3. The third kappa shape index (κ3) is 4.76. The van der Waals surface area contributed by atoms with Gasteiger partial charge in [-0.1, -0.05) is 42.5 Å². The molecule has 1 saturated heterocycles. The van der Waals surface area contributed by atoms with Crippen LogP contribution >= 0.6 is 0 Å². The Morgan fingerprint density at radius 2 is 1.65 bits per heavy atom. The number of hydrogen-bond donors (Lipinski definition) is 1. The smallest absolute Gasteiger partial charge is 0.225 e. The molecule has 4 nitrogen and oxygen atoms in total. The van der Waals surface area contributed by atoms with Crippen molar-refractivity contribution in [3.63, 3.8) is 0 Å². The molecule has 0 aromatic heterocycles. The number of benzene rings is 2. The quantitative estimate of drug-likeness (QED) is 0.804. The third-order valence-electron chi connectivity index (χ3n) is 4.82. The van der Waals surface area contributed by atoms with Gasteiger partial charge in [0.25, 0.3) is 0 Å². The van der Waals surface area contributed by atoms with Gasteiger partial charge in [-0.2, -0.15) is 0 Å². The van der Waals surface area contributed by atoms with Gasteiger partial charge in [-0.15, -0.1) is 0 Å². The summed E-state index contributed by atoms with van der Waals surface area (Å²) in [5, 5.41) is 2.60. The van der Waals surface area contributed by atoms with E-state index in [0.29, 0.717) is 13.0 Å². The van der Waals surface area contributed by atoms with Gasteiger partial charge in [0.1, 0.15) is 5.82 Å². The first-order chi connectivity index (χ1) is 12.6. The van der Waals surface area contributed by atoms with E-state index in [4.69, 9.17) is 0 Å². The normalized spacial score (nSPS) is 15.6. The number of halogens is 1. The highest BCUT2D eigenvalue weighted by Crippen LogP contribution is 2.22. The van der Waals surface area contributed by atoms with Crippen molar-refractivity contribution in [2.45, 2.75) is 19.3 Å². The number of carbonyl (C=O) groups excluding carboxylic acids is 2.